The Bertz CT molecular complexity index is 650. The van der Waals surface area contributed by atoms with Crippen LogP contribution in [0.1, 0.15) is 5.56 Å². The van der Waals surface area contributed by atoms with Gasteiger partial charge in [0.15, 0.2) is 6.61 Å². The van der Waals surface area contributed by atoms with E-state index in [-0.39, 0.29) is 12.7 Å². The Morgan fingerprint density at radius 2 is 2.18 bits per heavy atom. The number of hydrogen-bond donors (Lipinski definition) is 2. The Labute approximate surface area is 132 Å². The van der Waals surface area contributed by atoms with Crippen LogP contribution in [0.25, 0.3) is 10.4 Å². The summed E-state index contributed by atoms with van der Waals surface area (Å²) in [6.45, 7) is 1.57. The number of nitrogens with zero attached hydrogens (tertiary/aromatic N) is 1. The van der Waals surface area contributed by atoms with E-state index in [1.807, 2.05) is 29.6 Å². The average Bonchev–Trinajstić information content (AvgIpc) is 2.98. The fourth-order valence-electron chi connectivity index (χ4n) is 2.49. The van der Waals surface area contributed by atoms with Crippen LogP contribution in [0.15, 0.2) is 35.7 Å². The Morgan fingerprint density at radius 3 is 2.82 bits per heavy atom. The third-order valence-electron chi connectivity index (χ3n) is 3.55. The first kappa shape index (κ1) is 15.0. The molecule has 1 aliphatic rings. The van der Waals surface area contributed by atoms with Gasteiger partial charge in [0.25, 0.3) is 0 Å². The van der Waals surface area contributed by atoms with E-state index in [0.29, 0.717) is 25.4 Å². The van der Waals surface area contributed by atoms with Crippen LogP contribution in [0.3, 0.4) is 0 Å². The minimum absolute atomic E-state index is 0.260. The predicted molar refractivity (Wildman–Crippen MR) is 84.2 cm³/mol. The second-order valence-electron chi connectivity index (χ2n) is 5.33. The zero-order valence-corrected chi connectivity index (χ0v) is 12.8. The molecule has 0 saturated carbocycles. The molecule has 1 saturated heterocycles. The molecule has 0 radical (unpaired) electrons. The SMILES string of the molecule is O=C(O)COc1ccc(-c2cccs2)cc1CN1CC(O)C1. The number of carboxylic acids is 1. The molecule has 2 heterocycles. The number of carbonyl (C=O) groups is 1. The maximum Gasteiger partial charge on any atom is 0.341 e. The van der Waals surface area contributed by atoms with Crippen LogP contribution in [-0.4, -0.2) is 46.9 Å². The lowest BCUT2D eigenvalue weighted by Gasteiger charge is -2.36. The molecule has 0 atom stereocenters. The maximum absolute atomic E-state index is 10.7. The molecule has 116 valence electrons. The topological polar surface area (TPSA) is 70.0 Å². The van der Waals surface area contributed by atoms with Gasteiger partial charge in [-0.2, -0.15) is 0 Å². The van der Waals surface area contributed by atoms with E-state index in [0.717, 1.165) is 16.0 Å². The number of benzene rings is 1. The van der Waals surface area contributed by atoms with Crippen molar-refractivity contribution in [3.8, 4) is 16.2 Å². The van der Waals surface area contributed by atoms with Crippen molar-refractivity contribution in [2.45, 2.75) is 12.6 Å². The molecule has 1 fully saturated rings. The third kappa shape index (κ3) is 3.47. The van der Waals surface area contributed by atoms with Crippen LogP contribution in [0.5, 0.6) is 5.75 Å². The number of carboxylic acid groups (broad SMARTS) is 1. The monoisotopic (exact) mass is 319 g/mol. The molecule has 1 aromatic heterocycles. The van der Waals surface area contributed by atoms with Gasteiger partial charge in [0.2, 0.25) is 0 Å². The van der Waals surface area contributed by atoms with Crippen molar-refractivity contribution in [3.63, 3.8) is 0 Å². The molecule has 1 aromatic carbocycles. The largest absolute Gasteiger partial charge is 0.482 e. The van der Waals surface area contributed by atoms with Crippen molar-refractivity contribution >= 4 is 17.3 Å². The van der Waals surface area contributed by atoms with Crippen molar-refractivity contribution < 1.29 is 19.7 Å². The first-order chi connectivity index (χ1) is 10.6. The van der Waals surface area contributed by atoms with Gasteiger partial charge >= 0.3 is 5.97 Å². The van der Waals surface area contributed by atoms with Gasteiger partial charge in [0.05, 0.1) is 6.10 Å². The van der Waals surface area contributed by atoms with Crippen LogP contribution < -0.4 is 4.74 Å². The maximum atomic E-state index is 10.7. The van der Waals surface area contributed by atoms with Gasteiger partial charge in [-0.25, -0.2) is 4.79 Å². The van der Waals surface area contributed by atoms with Gasteiger partial charge in [-0.3, -0.25) is 4.90 Å². The highest BCUT2D eigenvalue weighted by atomic mass is 32.1. The van der Waals surface area contributed by atoms with E-state index in [4.69, 9.17) is 9.84 Å². The molecule has 2 N–H and O–H groups in total. The summed E-state index contributed by atoms with van der Waals surface area (Å²) in [6, 6.07) is 9.85. The number of ether oxygens (including phenoxy) is 1. The molecule has 3 rings (SSSR count). The number of likely N-dealkylation sites (tertiary alicyclic amines) is 1. The highest BCUT2D eigenvalue weighted by molar-refractivity contribution is 7.13. The van der Waals surface area contributed by atoms with Gasteiger partial charge in [-0.1, -0.05) is 6.07 Å². The van der Waals surface area contributed by atoms with Gasteiger partial charge in [0.1, 0.15) is 5.75 Å². The highest BCUT2D eigenvalue weighted by Crippen LogP contribution is 2.31. The first-order valence-corrected chi connectivity index (χ1v) is 7.91. The van der Waals surface area contributed by atoms with Crippen LogP contribution in [0.2, 0.25) is 0 Å². The van der Waals surface area contributed by atoms with E-state index in [9.17, 15) is 9.90 Å². The standard InChI is InChI=1S/C16H17NO4S/c18-13-8-17(9-13)7-12-6-11(15-2-1-5-22-15)3-4-14(12)21-10-16(19)20/h1-6,13,18H,7-10H2,(H,19,20). The molecule has 22 heavy (non-hydrogen) atoms. The van der Waals surface area contributed by atoms with E-state index in [1.54, 1.807) is 11.3 Å². The van der Waals surface area contributed by atoms with Gasteiger partial charge < -0.3 is 14.9 Å². The van der Waals surface area contributed by atoms with Gasteiger partial charge in [0, 0.05) is 30.1 Å². The smallest absolute Gasteiger partial charge is 0.341 e. The van der Waals surface area contributed by atoms with Crippen molar-refractivity contribution in [3.05, 3.63) is 41.3 Å². The molecule has 5 nitrogen and oxygen atoms in total. The lowest BCUT2D eigenvalue weighted by molar-refractivity contribution is -0.139. The average molecular weight is 319 g/mol. The van der Waals surface area contributed by atoms with Crippen molar-refractivity contribution in [1.82, 2.24) is 4.90 Å². The molecular formula is C16H17NO4S. The molecule has 0 aliphatic carbocycles. The van der Waals surface area contributed by atoms with Crippen molar-refractivity contribution in [2.75, 3.05) is 19.7 Å². The quantitative estimate of drug-likeness (QED) is 0.853. The van der Waals surface area contributed by atoms with E-state index in [2.05, 4.69) is 11.0 Å². The lowest BCUT2D eigenvalue weighted by atomic mass is 10.1. The summed E-state index contributed by atoms with van der Waals surface area (Å²) in [5, 5.41) is 20.2. The fourth-order valence-corrected chi connectivity index (χ4v) is 3.22. The summed E-state index contributed by atoms with van der Waals surface area (Å²) in [5.41, 5.74) is 2.03. The van der Waals surface area contributed by atoms with E-state index < -0.39 is 5.97 Å². The fraction of sp³-hybridized carbons (Fsp3) is 0.312. The minimum Gasteiger partial charge on any atom is -0.482 e. The molecule has 0 bridgehead atoms. The van der Waals surface area contributed by atoms with Crippen molar-refractivity contribution in [1.29, 1.82) is 0 Å². The number of hydrogen-bond acceptors (Lipinski definition) is 5. The molecular weight excluding hydrogens is 302 g/mol. The predicted octanol–water partition coefficient (Wildman–Crippen LogP) is 2.05. The number of aliphatic hydroxyl groups is 1. The van der Waals surface area contributed by atoms with Crippen LogP contribution in [0.4, 0.5) is 0 Å². The lowest BCUT2D eigenvalue weighted by Crippen LogP contribution is -2.49. The molecule has 2 aromatic rings. The van der Waals surface area contributed by atoms with Crippen LogP contribution in [-0.2, 0) is 11.3 Å². The first-order valence-electron chi connectivity index (χ1n) is 7.03. The van der Waals surface area contributed by atoms with E-state index in [1.165, 1.54) is 0 Å². The van der Waals surface area contributed by atoms with Gasteiger partial charge in [-0.05, 0) is 35.2 Å². The number of rotatable bonds is 6. The highest BCUT2D eigenvalue weighted by Gasteiger charge is 2.25. The number of thiophene rings is 1. The number of aliphatic hydroxyl groups excluding tert-OH is 1. The normalized spacial score (nSPS) is 15.5. The zero-order chi connectivity index (χ0) is 15.5. The molecule has 6 heteroatoms. The second kappa shape index (κ2) is 6.48. The zero-order valence-electron chi connectivity index (χ0n) is 11.9. The van der Waals surface area contributed by atoms with Crippen LogP contribution in [0, 0.1) is 0 Å². The minimum atomic E-state index is -0.993. The Hall–Kier alpha value is -1.89. The van der Waals surface area contributed by atoms with Gasteiger partial charge in [-0.15, -0.1) is 11.3 Å². The number of aliphatic carboxylic acids is 1. The molecule has 1 aliphatic heterocycles. The summed E-state index contributed by atoms with van der Waals surface area (Å²) < 4.78 is 5.38. The Morgan fingerprint density at radius 1 is 1.36 bits per heavy atom. The summed E-state index contributed by atoms with van der Waals surface area (Å²) >= 11 is 1.66. The molecule has 0 spiro atoms. The summed E-state index contributed by atoms with van der Waals surface area (Å²) in [4.78, 5) is 14.0. The Balaban J connectivity index is 1.83. The third-order valence-corrected chi connectivity index (χ3v) is 4.47. The van der Waals surface area contributed by atoms with Crippen LogP contribution >= 0.6 is 11.3 Å². The summed E-state index contributed by atoms with van der Waals surface area (Å²) in [5.74, 6) is -0.406. The molecule has 0 amide bonds. The van der Waals surface area contributed by atoms with E-state index >= 15 is 0 Å². The Kier molecular flexibility index (Phi) is 4.42. The molecule has 0 unspecified atom stereocenters. The number of β-amino-alcohol motifs (C(OH)–C–C–N with tert-alkyl or cyclic N) is 1. The van der Waals surface area contributed by atoms with Crippen molar-refractivity contribution in [2.24, 2.45) is 0 Å². The summed E-state index contributed by atoms with van der Waals surface area (Å²) in [7, 11) is 0. The summed E-state index contributed by atoms with van der Waals surface area (Å²) in [6.07, 6.45) is -0.260. The second-order valence-corrected chi connectivity index (χ2v) is 6.28.